The maximum absolute atomic E-state index is 13.7. The van der Waals surface area contributed by atoms with E-state index in [1.165, 1.54) is 6.42 Å². The summed E-state index contributed by atoms with van der Waals surface area (Å²) in [4.78, 5) is 56.2. The van der Waals surface area contributed by atoms with Crippen LogP contribution in [0.3, 0.4) is 0 Å². The minimum absolute atomic E-state index is 0.00198. The average Bonchev–Trinajstić information content (AvgIpc) is 3.92. The highest BCUT2D eigenvalue weighted by molar-refractivity contribution is 5.97. The van der Waals surface area contributed by atoms with Gasteiger partial charge in [0, 0.05) is 112 Å². The van der Waals surface area contributed by atoms with Gasteiger partial charge in [0.2, 0.25) is 5.89 Å². The quantitative estimate of drug-likeness (QED) is 0.121. The Balaban J connectivity index is 0.000000190. The summed E-state index contributed by atoms with van der Waals surface area (Å²) in [7, 11) is 4.29. The summed E-state index contributed by atoms with van der Waals surface area (Å²) in [6.07, 6.45) is 3.65. The Morgan fingerprint density at radius 3 is 1.44 bits per heavy atom. The molecule has 0 saturated carbocycles. The van der Waals surface area contributed by atoms with Crippen molar-refractivity contribution in [2.45, 2.75) is 58.0 Å². The van der Waals surface area contributed by atoms with E-state index >= 15 is 0 Å². The number of likely N-dealkylation sites (N-methyl/N-ethyl adjacent to an activating group) is 2. The number of piperidine rings is 2. The number of alkyl halides is 2. The predicted molar refractivity (Wildman–Crippen MR) is 271 cm³/mol. The van der Waals surface area contributed by atoms with Gasteiger partial charge in [-0.2, -0.15) is 8.78 Å². The first kappa shape index (κ1) is 50.0. The minimum Gasteiger partial charge on any atom is -0.415 e. The molecule has 9 rings (SSSR count). The van der Waals surface area contributed by atoms with E-state index in [9.17, 15) is 23.2 Å². The van der Waals surface area contributed by atoms with Crippen LogP contribution in [0.2, 0.25) is 0 Å². The summed E-state index contributed by atoms with van der Waals surface area (Å²) >= 11 is 0. The summed E-state index contributed by atoms with van der Waals surface area (Å²) in [5.41, 5.74) is 12.6. The molecular formula is C53H67F2N11O4. The van der Waals surface area contributed by atoms with Gasteiger partial charge in [-0.25, -0.2) is 9.59 Å². The van der Waals surface area contributed by atoms with Crippen LogP contribution < -0.4 is 25.3 Å². The maximum atomic E-state index is 13.7. The fraction of sp³-hybridized carbons (Fsp3) is 0.453. The number of amides is 4. The molecule has 372 valence electrons. The first-order valence-electron chi connectivity index (χ1n) is 24.8. The first-order chi connectivity index (χ1) is 34.0. The van der Waals surface area contributed by atoms with E-state index < -0.39 is 12.3 Å². The summed E-state index contributed by atoms with van der Waals surface area (Å²) < 4.78 is 30.7. The van der Waals surface area contributed by atoms with Crippen LogP contribution in [0.1, 0.15) is 72.3 Å². The number of carbonyl (C=O) groups is 3. The number of piperazine rings is 2. The molecule has 0 aliphatic carbocycles. The van der Waals surface area contributed by atoms with Crippen LogP contribution in [0.5, 0.6) is 0 Å². The number of likely N-dealkylation sites (tertiary alicyclic amines) is 2. The summed E-state index contributed by atoms with van der Waals surface area (Å²) in [5, 5.41) is 7.12. The first-order valence-corrected chi connectivity index (χ1v) is 24.8. The Labute approximate surface area is 410 Å². The number of urea groups is 2. The highest BCUT2D eigenvalue weighted by atomic mass is 19.3. The van der Waals surface area contributed by atoms with Gasteiger partial charge in [0.05, 0.1) is 19.6 Å². The van der Waals surface area contributed by atoms with Crippen LogP contribution in [0.25, 0.3) is 11.5 Å². The van der Waals surface area contributed by atoms with E-state index in [1.54, 1.807) is 24.3 Å². The average molecular weight is 960 g/mol. The van der Waals surface area contributed by atoms with Crippen molar-refractivity contribution in [2.24, 2.45) is 5.73 Å². The van der Waals surface area contributed by atoms with E-state index in [-0.39, 0.29) is 30.3 Å². The van der Waals surface area contributed by atoms with E-state index in [4.69, 9.17) is 10.2 Å². The van der Waals surface area contributed by atoms with Crippen molar-refractivity contribution in [3.05, 3.63) is 120 Å². The predicted octanol–water partition coefficient (Wildman–Crippen LogP) is 8.23. The van der Waals surface area contributed by atoms with Crippen molar-refractivity contribution >= 4 is 40.6 Å². The van der Waals surface area contributed by atoms with Crippen LogP contribution in [0.4, 0.5) is 41.1 Å². The molecule has 2 N–H and O–H groups in total. The third-order valence-corrected chi connectivity index (χ3v) is 13.7. The lowest BCUT2D eigenvalue weighted by atomic mass is 10.1. The lowest BCUT2D eigenvalue weighted by Gasteiger charge is -2.36. The van der Waals surface area contributed by atoms with Gasteiger partial charge in [0.15, 0.2) is 5.78 Å². The molecule has 1 aromatic heterocycles. The molecule has 4 saturated heterocycles. The standard InChI is InChI=1S/C27H32F2N6O2.C26H35N5O2/c1-32-14-16-33(17-15-32)22-6-5-7-23(18-22)35(27(36)34-12-3-2-4-13-34)19-20-8-10-21(11-9-20)25-30-31-26(37-25)24(28)29;1-28-14-16-29(17-15-28)23-6-5-7-24(18-23)31(26(33)30-12-3-2-4-13-30)20-21-8-10-22(11-9-21)25(32)19-27/h5-11,18,24H,2-4,12-17,19H2,1H3;5-11,18H,2-4,12-17,19-20,27H2,1H3. The van der Waals surface area contributed by atoms with Crippen molar-refractivity contribution in [3.63, 3.8) is 0 Å². The van der Waals surface area contributed by atoms with Gasteiger partial charge >= 0.3 is 18.5 Å². The van der Waals surface area contributed by atoms with Crippen molar-refractivity contribution < 1.29 is 27.6 Å². The van der Waals surface area contributed by atoms with Gasteiger partial charge in [-0.15, -0.1) is 10.2 Å². The molecule has 5 heterocycles. The SMILES string of the molecule is CN1CCN(c2cccc(N(Cc3ccc(-c4nnc(C(F)F)o4)cc3)C(=O)N3CCCCC3)c2)CC1.CN1CCN(c2cccc(N(Cc3ccc(C(=O)CN)cc3)C(=O)N3CCCCC3)c2)CC1. The third-order valence-electron chi connectivity index (χ3n) is 13.7. The second-order valence-corrected chi connectivity index (χ2v) is 18.7. The third kappa shape index (κ3) is 12.9. The van der Waals surface area contributed by atoms with Gasteiger partial charge in [0.1, 0.15) is 0 Å². The second-order valence-electron chi connectivity index (χ2n) is 18.7. The van der Waals surface area contributed by atoms with Crippen LogP contribution in [0.15, 0.2) is 101 Å². The Morgan fingerprint density at radius 2 is 1.03 bits per heavy atom. The normalized spacial score (nSPS) is 17.0. The number of carbonyl (C=O) groups excluding carboxylic acids is 3. The zero-order chi connectivity index (χ0) is 49.0. The van der Waals surface area contributed by atoms with Crippen LogP contribution in [-0.4, -0.2) is 147 Å². The van der Waals surface area contributed by atoms with Crippen molar-refractivity contribution in [3.8, 4) is 11.5 Å². The van der Waals surface area contributed by atoms with E-state index in [0.717, 1.165) is 145 Å². The van der Waals surface area contributed by atoms with E-state index in [0.29, 0.717) is 24.2 Å². The second kappa shape index (κ2) is 23.9. The van der Waals surface area contributed by atoms with Crippen molar-refractivity contribution in [1.82, 2.24) is 29.8 Å². The fourth-order valence-electron chi connectivity index (χ4n) is 9.37. The molecule has 4 aromatic carbocycles. The van der Waals surface area contributed by atoms with Gasteiger partial charge in [-0.3, -0.25) is 14.6 Å². The number of hydrogen-bond donors (Lipinski definition) is 1. The molecule has 4 amide bonds. The summed E-state index contributed by atoms with van der Waals surface area (Å²) in [5.74, 6) is -0.733. The summed E-state index contributed by atoms with van der Waals surface area (Å²) in [6.45, 7) is 11.9. The molecule has 0 spiro atoms. The summed E-state index contributed by atoms with van der Waals surface area (Å²) in [6, 6.07) is 31.3. The molecule has 0 unspecified atom stereocenters. The minimum atomic E-state index is -2.81. The van der Waals surface area contributed by atoms with Crippen molar-refractivity contribution in [1.29, 1.82) is 0 Å². The van der Waals surface area contributed by atoms with Gasteiger partial charge in [0.25, 0.3) is 5.89 Å². The number of benzene rings is 4. The Kier molecular flexibility index (Phi) is 17.1. The van der Waals surface area contributed by atoms with Crippen LogP contribution in [0, 0.1) is 0 Å². The zero-order valence-electron chi connectivity index (χ0n) is 40.6. The molecule has 4 aliphatic heterocycles. The molecule has 5 aromatic rings. The lowest BCUT2D eigenvalue weighted by molar-refractivity contribution is 0.100. The fourth-order valence-corrected chi connectivity index (χ4v) is 9.37. The Hall–Kier alpha value is -6.43. The number of nitrogens with zero attached hydrogens (tertiary/aromatic N) is 10. The van der Waals surface area contributed by atoms with Crippen LogP contribution in [-0.2, 0) is 13.1 Å². The molecule has 0 radical (unpaired) electrons. The topological polar surface area (TPSA) is 142 Å². The molecule has 17 heteroatoms. The monoisotopic (exact) mass is 960 g/mol. The number of aromatic nitrogens is 2. The maximum Gasteiger partial charge on any atom is 0.324 e. The van der Waals surface area contributed by atoms with E-state index in [1.807, 2.05) is 68.1 Å². The van der Waals surface area contributed by atoms with Gasteiger partial charge in [-0.05, 0) is 112 Å². The smallest absolute Gasteiger partial charge is 0.324 e. The van der Waals surface area contributed by atoms with E-state index in [2.05, 4.69) is 68.2 Å². The zero-order valence-corrected chi connectivity index (χ0v) is 40.6. The van der Waals surface area contributed by atoms with Gasteiger partial charge in [-0.1, -0.05) is 48.5 Å². The van der Waals surface area contributed by atoms with Gasteiger partial charge < -0.3 is 39.6 Å². The highest BCUT2D eigenvalue weighted by Crippen LogP contribution is 2.30. The molecule has 70 heavy (non-hydrogen) atoms. The Bertz CT molecular complexity index is 2480. The number of ketones is 1. The molecule has 4 aliphatic rings. The number of rotatable bonds is 12. The molecule has 0 atom stereocenters. The number of nitrogens with two attached hydrogens (primary N) is 1. The number of anilines is 4. The van der Waals surface area contributed by atoms with Crippen molar-refractivity contribution in [2.75, 3.05) is 119 Å². The number of halogens is 2. The number of hydrogen-bond acceptors (Lipinski definition) is 11. The highest BCUT2D eigenvalue weighted by Gasteiger charge is 2.28. The molecule has 15 nitrogen and oxygen atoms in total. The largest absolute Gasteiger partial charge is 0.415 e. The number of Topliss-reactive ketones (excluding diaryl/α,β-unsaturated/α-hetero) is 1. The molecule has 0 bridgehead atoms. The Morgan fingerprint density at radius 1 is 0.586 bits per heavy atom. The lowest BCUT2D eigenvalue weighted by Crippen LogP contribution is -2.46. The van der Waals surface area contributed by atoms with Crippen LogP contribution >= 0.6 is 0 Å². The molecular weight excluding hydrogens is 893 g/mol. The molecule has 4 fully saturated rings.